The molecule has 0 N–H and O–H groups in total. The molecule has 7 heavy (non-hydrogen) atoms. The molecule has 0 aromatic heterocycles. The Hall–Kier alpha value is -0.190. The zero-order chi connectivity index (χ0) is 5.91. The highest BCUT2D eigenvalue weighted by atomic mass is 19.2. The lowest BCUT2D eigenvalue weighted by Gasteiger charge is -2.08. The summed E-state index contributed by atoms with van der Waals surface area (Å²) < 4.78 is 18.8. The second-order valence-corrected chi connectivity index (χ2v) is 0.890. The molecule has 0 rings (SSSR count). The number of alkyl halides is 1. The molecule has 0 heterocycles. The average Bonchev–Trinajstić information content (AvgIpc) is 1.68. The van der Waals surface area contributed by atoms with Gasteiger partial charge in [-0.15, -0.1) is 9.50 Å². The Bertz CT molecular complexity index is 48.1. The number of hydrogen-bond donors (Lipinski definition) is 0. The van der Waals surface area contributed by atoms with Crippen LogP contribution in [0, 0.1) is 0 Å². The van der Waals surface area contributed by atoms with Gasteiger partial charge in [0.15, 0.2) is 0 Å². The fourth-order valence-electron chi connectivity index (χ4n) is 0.0833. The molecule has 0 fully saturated rings. The van der Waals surface area contributed by atoms with Gasteiger partial charge in [-0.3, -0.25) is 0 Å². The van der Waals surface area contributed by atoms with E-state index in [-0.39, 0.29) is 0 Å². The molecule has 0 aliphatic heterocycles. The number of halogens is 1. The van der Waals surface area contributed by atoms with Gasteiger partial charge in [-0.1, -0.05) is 0 Å². The molecule has 4 heteroatoms. The Morgan fingerprint density at radius 3 is 1.71 bits per heavy atom. The third kappa shape index (κ3) is 2.50. The van der Waals surface area contributed by atoms with Gasteiger partial charge in [0.2, 0.25) is 0 Å². The summed E-state index contributed by atoms with van der Waals surface area (Å²) >= 11 is 0. The molecule has 0 saturated carbocycles. The SMILES string of the molecule is COC([O])(F)OC. The van der Waals surface area contributed by atoms with Gasteiger partial charge in [0.25, 0.3) is 0 Å². The Morgan fingerprint density at radius 1 is 1.43 bits per heavy atom. The zero-order valence-electron chi connectivity index (χ0n) is 4.10. The van der Waals surface area contributed by atoms with E-state index in [1.165, 1.54) is 0 Å². The van der Waals surface area contributed by atoms with Crippen LogP contribution in [0.15, 0.2) is 0 Å². The third-order valence-corrected chi connectivity index (χ3v) is 0.488. The molecule has 0 bridgehead atoms. The second kappa shape index (κ2) is 2.20. The average molecular weight is 109 g/mol. The molecule has 3 nitrogen and oxygen atoms in total. The number of ether oxygens (including phenoxy) is 2. The van der Waals surface area contributed by atoms with Crippen molar-refractivity contribution >= 4 is 0 Å². The lowest BCUT2D eigenvalue weighted by atomic mass is 11.1. The van der Waals surface area contributed by atoms with Crippen molar-refractivity contribution < 1.29 is 19.0 Å². The molecular weight excluding hydrogens is 103 g/mol. The van der Waals surface area contributed by atoms with Crippen LogP contribution in [-0.4, -0.2) is 20.4 Å². The Morgan fingerprint density at radius 2 is 1.71 bits per heavy atom. The van der Waals surface area contributed by atoms with Crippen molar-refractivity contribution in [2.45, 2.75) is 6.23 Å². The maximum absolute atomic E-state index is 11.5. The minimum Gasteiger partial charge on any atom is -0.301 e. The minimum atomic E-state index is -3.17. The number of rotatable bonds is 2. The first-order chi connectivity index (χ1) is 3.12. The summed E-state index contributed by atoms with van der Waals surface area (Å²) in [5.41, 5.74) is 0. The zero-order valence-corrected chi connectivity index (χ0v) is 4.10. The van der Waals surface area contributed by atoms with E-state index in [1.54, 1.807) is 0 Å². The highest BCUT2D eigenvalue weighted by Gasteiger charge is 2.26. The molecule has 0 spiro atoms. The molecule has 43 valence electrons. The predicted molar refractivity (Wildman–Crippen MR) is 18.5 cm³/mol. The molecule has 0 aliphatic carbocycles. The van der Waals surface area contributed by atoms with Gasteiger partial charge in [-0.2, -0.15) is 0 Å². The topological polar surface area (TPSA) is 38.4 Å². The van der Waals surface area contributed by atoms with Gasteiger partial charge in [0.1, 0.15) is 0 Å². The van der Waals surface area contributed by atoms with Crippen LogP contribution in [0.3, 0.4) is 0 Å². The van der Waals surface area contributed by atoms with Crippen LogP contribution in [0.5, 0.6) is 0 Å². The normalized spacial score (nSPS) is 12.0. The lowest BCUT2D eigenvalue weighted by molar-refractivity contribution is -0.442. The molecule has 0 saturated heterocycles. The van der Waals surface area contributed by atoms with Crippen LogP contribution in [0.4, 0.5) is 4.39 Å². The van der Waals surface area contributed by atoms with Crippen molar-refractivity contribution in [3.05, 3.63) is 0 Å². The maximum atomic E-state index is 11.5. The van der Waals surface area contributed by atoms with E-state index >= 15 is 0 Å². The van der Waals surface area contributed by atoms with Crippen LogP contribution < -0.4 is 0 Å². The standard InChI is InChI=1S/C3H6FO3/c1-6-3(4,5)7-2/h1-2H3. The van der Waals surface area contributed by atoms with Crippen LogP contribution in [-0.2, 0) is 14.6 Å². The molecule has 0 amide bonds. The van der Waals surface area contributed by atoms with Crippen molar-refractivity contribution in [3.8, 4) is 0 Å². The molecule has 1 radical (unpaired) electrons. The minimum absolute atomic E-state index is 0.927. The van der Waals surface area contributed by atoms with Crippen molar-refractivity contribution in [3.63, 3.8) is 0 Å². The van der Waals surface area contributed by atoms with E-state index in [9.17, 15) is 9.50 Å². The quantitative estimate of drug-likeness (QED) is 0.478. The van der Waals surface area contributed by atoms with Crippen molar-refractivity contribution in [1.29, 1.82) is 0 Å². The van der Waals surface area contributed by atoms with Gasteiger partial charge in [-0.05, 0) is 0 Å². The Labute approximate surface area is 40.7 Å². The number of methoxy groups -OCH3 is 2. The van der Waals surface area contributed by atoms with Gasteiger partial charge >= 0.3 is 6.23 Å². The van der Waals surface area contributed by atoms with E-state index < -0.39 is 6.23 Å². The Balaban J connectivity index is 3.36. The molecular formula is C3H6FO3. The van der Waals surface area contributed by atoms with Gasteiger partial charge in [0.05, 0.1) is 0 Å². The highest BCUT2D eigenvalue weighted by molar-refractivity contribution is 4.18. The fourth-order valence-corrected chi connectivity index (χ4v) is 0.0833. The summed E-state index contributed by atoms with van der Waals surface area (Å²) in [4.78, 5) is 0. The molecule has 0 aliphatic rings. The third-order valence-electron chi connectivity index (χ3n) is 0.488. The van der Waals surface area contributed by atoms with E-state index in [0.717, 1.165) is 14.2 Å². The summed E-state index contributed by atoms with van der Waals surface area (Å²) in [6.07, 6.45) is -3.17. The first-order valence-electron chi connectivity index (χ1n) is 1.62. The van der Waals surface area contributed by atoms with Crippen LogP contribution in [0.1, 0.15) is 0 Å². The van der Waals surface area contributed by atoms with Crippen molar-refractivity contribution in [2.75, 3.05) is 14.2 Å². The predicted octanol–water partition coefficient (Wildman–Crippen LogP) is 0.290. The Kier molecular flexibility index (Phi) is 2.14. The summed E-state index contributed by atoms with van der Waals surface area (Å²) in [5.74, 6) is 0. The molecule has 0 atom stereocenters. The van der Waals surface area contributed by atoms with Crippen molar-refractivity contribution in [2.24, 2.45) is 0 Å². The smallest absolute Gasteiger partial charge is 0.301 e. The second-order valence-electron chi connectivity index (χ2n) is 0.890. The lowest BCUT2D eigenvalue weighted by Crippen LogP contribution is -2.24. The van der Waals surface area contributed by atoms with Gasteiger partial charge in [-0.25, -0.2) is 0 Å². The van der Waals surface area contributed by atoms with Crippen LogP contribution in [0.2, 0.25) is 0 Å². The molecule has 0 aromatic rings. The molecule has 0 unspecified atom stereocenters. The maximum Gasteiger partial charge on any atom is 0.475 e. The monoisotopic (exact) mass is 109 g/mol. The van der Waals surface area contributed by atoms with Crippen molar-refractivity contribution in [1.82, 2.24) is 0 Å². The first-order valence-corrected chi connectivity index (χ1v) is 1.62. The molecule has 0 aromatic carbocycles. The largest absolute Gasteiger partial charge is 0.475 e. The van der Waals surface area contributed by atoms with E-state index in [1.807, 2.05) is 0 Å². The summed E-state index contributed by atoms with van der Waals surface area (Å²) in [6.45, 7) is 0. The summed E-state index contributed by atoms with van der Waals surface area (Å²) in [5, 5.41) is 9.73. The van der Waals surface area contributed by atoms with E-state index in [2.05, 4.69) is 9.47 Å². The van der Waals surface area contributed by atoms with Crippen LogP contribution in [0.25, 0.3) is 0 Å². The van der Waals surface area contributed by atoms with E-state index in [4.69, 9.17) is 0 Å². The fraction of sp³-hybridized carbons (Fsp3) is 1.00. The van der Waals surface area contributed by atoms with Gasteiger partial charge < -0.3 is 9.47 Å². The number of hydrogen-bond acceptors (Lipinski definition) is 2. The van der Waals surface area contributed by atoms with Gasteiger partial charge in [0, 0.05) is 14.2 Å². The van der Waals surface area contributed by atoms with E-state index in [0.29, 0.717) is 0 Å². The highest BCUT2D eigenvalue weighted by Crippen LogP contribution is 2.06. The summed E-state index contributed by atoms with van der Waals surface area (Å²) in [6, 6.07) is 0. The van der Waals surface area contributed by atoms with Crippen LogP contribution >= 0.6 is 0 Å². The summed E-state index contributed by atoms with van der Waals surface area (Å²) in [7, 11) is 1.85. The first kappa shape index (κ1) is 6.81.